The van der Waals surface area contributed by atoms with Gasteiger partial charge in [0, 0.05) is 6.54 Å². The lowest BCUT2D eigenvalue weighted by Crippen LogP contribution is -2.24. The Morgan fingerprint density at radius 3 is 2.80 bits per heavy atom. The van der Waals surface area contributed by atoms with E-state index in [-0.39, 0.29) is 6.61 Å². The predicted octanol–water partition coefficient (Wildman–Crippen LogP) is 5.40. The zero-order valence-electron chi connectivity index (χ0n) is 13.4. The Labute approximate surface area is 157 Å². The second-order valence-electron chi connectivity index (χ2n) is 5.09. The molecule has 6 heteroatoms. The number of nitrogens with one attached hydrogen (secondary N) is 1. The lowest BCUT2D eigenvalue weighted by Gasteiger charge is -2.05. The fourth-order valence-corrected chi connectivity index (χ4v) is 2.35. The summed E-state index contributed by atoms with van der Waals surface area (Å²) in [4.78, 5) is 15.5. The smallest absolute Gasteiger partial charge is 0.407 e. The van der Waals surface area contributed by atoms with Crippen molar-refractivity contribution in [2.24, 2.45) is 4.99 Å². The molecule has 25 heavy (non-hydrogen) atoms. The van der Waals surface area contributed by atoms with E-state index >= 15 is 0 Å². The molecular formula is C19H17ClN2O2S. The summed E-state index contributed by atoms with van der Waals surface area (Å²) in [6, 6.07) is 15.0. The number of rotatable bonds is 7. The number of carbonyl (C=O) groups is 1. The molecule has 0 radical (unpaired) electrons. The first kappa shape index (κ1) is 18.9. The lowest BCUT2D eigenvalue weighted by atomic mass is 10.2. The standard InChI is InChI=1S/C19H17ClN2O2S/c20-17-12-15(9-10-18(17)22-14-25)6-4-5-11-21-19(23)24-13-16-7-2-1-3-8-16/h1-4,6-10,12H,5,11,13H2,(H,21,23). The predicted molar refractivity (Wildman–Crippen MR) is 104 cm³/mol. The molecule has 0 fully saturated rings. The van der Waals surface area contributed by atoms with Crippen LogP contribution in [0.25, 0.3) is 6.08 Å². The number of amides is 1. The van der Waals surface area contributed by atoms with Crippen LogP contribution in [0.3, 0.4) is 0 Å². The van der Waals surface area contributed by atoms with Crippen molar-refractivity contribution in [1.29, 1.82) is 0 Å². The lowest BCUT2D eigenvalue weighted by molar-refractivity contribution is 0.140. The van der Waals surface area contributed by atoms with Gasteiger partial charge in [-0.2, -0.15) is 4.99 Å². The van der Waals surface area contributed by atoms with E-state index in [1.165, 1.54) is 0 Å². The van der Waals surface area contributed by atoms with Crippen LogP contribution >= 0.6 is 23.8 Å². The Morgan fingerprint density at radius 1 is 1.28 bits per heavy atom. The number of thiocarbonyl (C=S) groups is 1. The van der Waals surface area contributed by atoms with Gasteiger partial charge in [-0.1, -0.05) is 60.2 Å². The molecule has 128 valence electrons. The van der Waals surface area contributed by atoms with Crippen LogP contribution in [0.4, 0.5) is 10.5 Å². The maximum Gasteiger partial charge on any atom is 0.407 e. The van der Waals surface area contributed by atoms with Gasteiger partial charge in [-0.15, -0.1) is 0 Å². The van der Waals surface area contributed by atoms with Crippen LogP contribution in [0, 0.1) is 0 Å². The molecule has 1 N–H and O–H groups in total. The number of hydrogen-bond acceptors (Lipinski definition) is 4. The number of aliphatic imine (C=N–C) groups is 1. The number of halogens is 1. The summed E-state index contributed by atoms with van der Waals surface area (Å²) < 4.78 is 5.13. The number of benzene rings is 2. The van der Waals surface area contributed by atoms with Gasteiger partial charge in [-0.3, -0.25) is 0 Å². The van der Waals surface area contributed by atoms with Crippen molar-refractivity contribution < 1.29 is 9.53 Å². The van der Waals surface area contributed by atoms with Gasteiger partial charge < -0.3 is 10.1 Å². The number of carbonyl (C=O) groups excluding carboxylic acids is 1. The van der Waals surface area contributed by atoms with E-state index in [0.29, 0.717) is 23.7 Å². The van der Waals surface area contributed by atoms with Crippen molar-refractivity contribution in [1.82, 2.24) is 5.32 Å². The molecule has 4 nitrogen and oxygen atoms in total. The Morgan fingerprint density at radius 2 is 2.08 bits per heavy atom. The summed E-state index contributed by atoms with van der Waals surface area (Å²) in [7, 11) is 0. The van der Waals surface area contributed by atoms with Crippen molar-refractivity contribution in [3.05, 3.63) is 70.8 Å². The zero-order chi connectivity index (χ0) is 17.9. The third-order valence-corrected chi connectivity index (χ3v) is 3.64. The highest BCUT2D eigenvalue weighted by Gasteiger charge is 2.01. The van der Waals surface area contributed by atoms with Gasteiger partial charge in [0.25, 0.3) is 0 Å². The third kappa shape index (κ3) is 6.89. The topological polar surface area (TPSA) is 50.7 Å². The molecule has 0 unspecified atom stereocenters. The second-order valence-corrected chi connectivity index (χ2v) is 5.68. The molecule has 0 saturated carbocycles. The summed E-state index contributed by atoms with van der Waals surface area (Å²) >= 11 is 10.6. The maximum atomic E-state index is 11.6. The molecule has 0 aliphatic heterocycles. The third-order valence-electron chi connectivity index (χ3n) is 3.24. The van der Waals surface area contributed by atoms with Crippen molar-refractivity contribution >= 4 is 46.8 Å². The Kier molecular flexibility index (Phi) is 7.86. The number of isothiocyanates is 1. The molecule has 0 aliphatic carbocycles. The summed E-state index contributed by atoms with van der Waals surface area (Å²) in [5.74, 6) is 0. The summed E-state index contributed by atoms with van der Waals surface area (Å²) in [6.07, 6.45) is 4.12. The highest BCUT2D eigenvalue weighted by molar-refractivity contribution is 7.78. The van der Waals surface area contributed by atoms with E-state index in [0.717, 1.165) is 11.1 Å². The highest BCUT2D eigenvalue weighted by Crippen LogP contribution is 2.25. The molecule has 0 atom stereocenters. The van der Waals surface area contributed by atoms with Crippen LogP contribution < -0.4 is 5.32 Å². The van der Waals surface area contributed by atoms with Crippen molar-refractivity contribution in [2.75, 3.05) is 6.54 Å². The Hall–Kier alpha value is -2.46. The number of alkyl carbamates (subject to hydrolysis) is 1. The van der Waals surface area contributed by atoms with Crippen LogP contribution in [0.2, 0.25) is 5.02 Å². The van der Waals surface area contributed by atoms with Gasteiger partial charge >= 0.3 is 6.09 Å². The molecule has 2 aromatic rings. The van der Waals surface area contributed by atoms with E-state index in [1.807, 2.05) is 48.6 Å². The van der Waals surface area contributed by atoms with Gasteiger partial charge in [0.15, 0.2) is 0 Å². The summed E-state index contributed by atoms with van der Waals surface area (Å²) in [5.41, 5.74) is 2.49. The summed E-state index contributed by atoms with van der Waals surface area (Å²) in [6.45, 7) is 0.753. The van der Waals surface area contributed by atoms with E-state index in [4.69, 9.17) is 16.3 Å². The van der Waals surface area contributed by atoms with E-state index in [1.54, 1.807) is 12.1 Å². The SMILES string of the molecule is O=C(NCCC=Cc1ccc(N=C=S)c(Cl)c1)OCc1ccccc1. The highest BCUT2D eigenvalue weighted by atomic mass is 35.5. The quantitative estimate of drug-likeness (QED) is 0.402. The average Bonchev–Trinajstić information content (AvgIpc) is 2.63. The van der Waals surface area contributed by atoms with E-state index < -0.39 is 6.09 Å². The van der Waals surface area contributed by atoms with Crippen molar-refractivity contribution in [2.45, 2.75) is 13.0 Å². The second kappa shape index (κ2) is 10.4. The zero-order valence-corrected chi connectivity index (χ0v) is 15.0. The molecule has 1 amide bonds. The first-order valence-corrected chi connectivity index (χ1v) is 8.46. The number of ether oxygens (including phenoxy) is 1. The fourth-order valence-electron chi connectivity index (χ4n) is 2.02. The minimum Gasteiger partial charge on any atom is -0.445 e. The van der Waals surface area contributed by atoms with Gasteiger partial charge in [-0.25, -0.2) is 4.79 Å². The molecule has 0 aliphatic rings. The average molecular weight is 373 g/mol. The van der Waals surface area contributed by atoms with Gasteiger partial charge in [0.1, 0.15) is 6.61 Å². The van der Waals surface area contributed by atoms with E-state index in [2.05, 4.69) is 27.7 Å². The van der Waals surface area contributed by atoms with Crippen LogP contribution in [-0.2, 0) is 11.3 Å². The molecule has 2 rings (SSSR count). The maximum absolute atomic E-state index is 11.6. The van der Waals surface area contributed by atoms with Gasteiger partial charge in [0.2, 0.25) is 0 Å². The molecular weight excluding hydrogens is 356 g/mol. The monoisotopic (exact) mass is 372 g/mol. The first-order valence-electron chi connectivity index (χ1n) is 7.67. The summed E-state index contributed by atoms with van der Waals surface area (Å²) in [5, 5.41) is 5.51. The van der Waals surface area contributed by atoms with Crippen LogP contribution in [0.15, 0.2) is 59.6 Å². The van der Waals surface area contributed by atoms with E-state index in [9.17, 15) is 4.79 Å². The molecule has 0 spiro atoms. The van der Waals surface area contributed by atoms with Gasteiger partial charge in [0.05, 0.1) is 15.9 Å². The van der Waals surface area contributed by atoms with Crippen molar-refractivity contribution in [3.8, 4) is 0 Å². The minimum atomic E-state index is -0.428. The van der Waals surface area contributed by atoms with Crippen LogP contribution in [0.5, 0.6) is 0 Å². The normalized spacial score (nSPS) is 10.3. The Balaban J connectivity index is 1.70. The molecule has 0 bridgehead atoms. The fraction of sp³-hybridized carbons (Fsp3) is 0.158. The molecule has 2 aromatic carbocycles. The molecule has 0 heterocycles. The van der Waals surface area contributed by atoms with Gasteiger partial charge in [-0.05, 0) is 41.9 Å². The van der Waals surface area contributed by atoms with Crippen molar-refractivity contribution in [3.63, 3.8) is 0 Å². The minimum absolute atomic E-state index is 0.261. The van der Waals surface area contributed by atoms with Crippen LogP contribution in [-0.4, -0.2) is 17.8 Å². The number of nitrogens with zero attached hydrogens (tertiary/aromatic N) is 1. The first-order chi connectivity index (χ1) is 12.2. The van der Waals surface area contributed by atoms with Crippen LogP contribution in [0.1, 0.15) is 17.5 Å². The molecule has 0 aromatic heterocycles. The number of hydrogen-bond donors (Lipinski definition) is 1. The Bertz CT molecular complexity index is 787. The largest absolute Gasteiger partial charge is 0.445 e. The molecule has 0 saturated heterocycles.